The highest BCUT2D eigenvalue weighted by Crippen LogP contribution is 2.17. The lowest BCUT2D eigenvalue weighted by Gasteiger charge is -2.05. The van der Waals surface area contributed by atoms with Crippen molar-refractivity contribution in [1.29, 1.82) is 0 Å². The normalized spacial score (nSPS) is 17.8. The Kier molecular flexibility index (Phi) is 4.61. The molecule has 0 aliphatic carbocycles. The van der Waals surface area contributed by atoms with E-state index in [0.29, 0.717) is 5.13 Å². The van der Waals surface area contributed by atoms with Crippen molar-refractivity contribution in [3.8, 4) is 0 Å². The molecule has 3 N–H and O–H groups in total. The third kappa shape index (κ3) is 3.73. The zero-order valence-electron chi connectivity index (χ0n) is 10.9. The summed E-state index contributed by atoms with van der Waals surface area (Å²) in [5.41, 5.74) is 0. The van der Waals surface area contributed by atoms with Crippen LogP contribution in [-0.4, -0.2) is 34.1 Å². The van der Waals surface area contributed by atoms with E-state index in [0.717, 1.165) is 24.3 Å². The van der Waals surface area contributed by atoms with E-state index in [-0.39, 0.29) is 12.3 Å². The van der Waals surface area contributed by atoms with Gasteiger partial charge in [0.1, 0.15) is 11.0 Å². The molecule has 1 aromatic rings. The number of carbonyl (C=O) groups is 3. The van der Waals surface area contributed by atoms with Crippen molar-refractivity contribution in [2.24, 2.45) is 0 Å². The van der Waals surface area contributed by atoms with Gasteiger partial charge < -0.3 is 10.6 Å². The van der Waals surface area contributed by atoms with Crippen molar-refractivity contribution >= 4 is 34.3 Å². The van der Waals surface area contributed by atoms with E-state index in [4.69, 9.17) is 0 Å². The second-order valence-corrected chi connectivity index (χ2v) is 5.43. The van der Waals surface area contributed by atoms with Gasteiger partial charge in [0.2, 0.25) is 11.0 Å². The minimum atomic E-state index is -0.824. The van der Waals surface area contributed by atoms with E-state index < -0.39 is 18.0 Å². The van der Waals surface area contributed by atoms with Gasteiger partial charge in [0.25, 0.3) is 5.91 Å². The predicted molar refractivity (Wildman–Crippen MR) is 72.2 cm³/mol. The number of nitrogens with zero attached hydrogens (tertiary/aromatic N) is 2. The fraction of sp³-hybridized carbons (Fsp3) is 0.545. The standard InChI is InChI=1S/C11H15N5O3S/c1-2-3-4-8-15-16-11(20-8)13-7(17)5-6-9(18)14-10(19)12-6/h6H,2-5H2,1H3,(H,13,16,17)(H2,12,14,18,19)/t6-/m0/s1. The van der Waals surface area contributed by atoms with E-state index in [9.17, 15) is 14.4 Å². The number of unbranched alkanes of at least 4 members (excludes halogenated alkanes) is 1. The molecule has 108 valence electrons. The van der Waals surface area contributed by atoms with Crippen molar-refractivity contribution in [3.63, 3.8) is 0 Å². The topological polar surface area (TPSA) is 113 Å². The maximum atomic E-state index is 11.7. The molecule has 0 unspecified atom stereocenters. The highest BCUT2D eigenvalue weighted by molar-refractivity contribution is 7.15. The Labute approximate surface area is 119 Å². The number of amides is 4. The largest absolute Gasteiger partial charge is 0.325 e. The summed E-state index contributed by atoms with van der Waals surface area (Å²) in [6.07, 6.45) is 2.81. The molecule has 0 aromatic carbocycles. The monoisotopic (exact) mass is 297 g/mol. The van der Waals surface area contributed by atoms with Crippen LogP contribution < -0.4 is 16.0 Å². The number of hydrogen-bond donors (Lipinski definition) is 3. The van der Waals surface area contributed by atoms with Gasteiger partial charge in [0.15, 0.2) is 0 Å². The highest BCUT2D eigenvalue weighted by atomic mass is 32.1. The molecule has 1 atom stereocenters. The number of carbonyl (C=O) groups excluding carboxylic acids is 3. The first-order valence-electron chi connectivity index (χ1n) is 6.32. The summed E-state index contributed by atoms with van der Waals surface area (Å²) in [6, 6.07) is -1.40. The zero-order chi connectivity index (χ0) is 14.5. The van der Waals surface area contributed by atoms with Gasteiger partial charge >= 0.3 is 6.03 Å². The van der Waals surface area contributed by atoms with Crippen molar-refractivity contribution in [1.82, 2.24) is 20.8 Å². The summed E-state index contributed by atoms with van der Waals surface area (Å²) in [6.45, 7) is 2.09. The molecule has 0 bridgehead atoms. The zero-order valence-corrected chi connectivity index (χ0v) is 11.7. The van der Waals surface area contributed by atoms with Gasteiger partial charge in [-0.15, -0.1) is 10.2 Å². The molecular weight excluding hydrogens is 282 g/mol. The Morgan fingerprint density at radius 3 is 2.85 bits per heavy atom. The van der Waals surface area contributed by atoms with Crippen LogP contribution in [0.15, 0.2) is 0 Å². The third-order valence-corrected chi connectivity index (χ3v) is 3.60. The molecule has 0 spiro atoms. The fourth-order valence-corrected chi connectivity index (χ4v) is 2.49. The van der Waals surface area contributed by atoms with Crippen LogP contribution in [0.2, 0.25) is 0 Å². The van der Waals surface area contributed by atoms with Crippen LogP contribution >= 0.6 is 11.3 Å². The predicted octanol–water partition coefficient (Wildman–Crippen LogP) is 0.417. The Balaban J connectivity index is 1.83. The van der Waals surface area contributed by atoms with Crippen LogP contribution in [-0.2, 0) is 16.0 Å². The molecule has 1 fully saturated rings. The van der Waals surface area contributed by atoms with Gasteiger partial charge in [-0.3, -0.25) is 14.9 Å². The van der Waals surface area contributed by atoms with Crippen molar-refractivity contribution in [3.05, 3.63) is 5.01 Å². The van der Waals surface area contributed by atoms with E-state index in [1.807, 2.05) is 0 Å². The summed E-state index contributed by atoms with van der Waals surface area (Å²) in [4.78, 5) is 33.9. The van der Waals surface area contributed by atoms with Crippen LogP contribution in [0.3, 0.4) is 0 Å². The smallest absolute Gasteiger partial charge is 0.322 e. The Morgan fingerprint density at radius 1 is 1.40 bits per heavy atom. The van der Waals surface area contributed by atoms with Crippen LogP contribution in [0.4, 0.5) is 9.93 Å². The number of imide groups is 1. The minimum absolute atomic E-state index is 0.124. The fourth-order valence-electron chi connectivity index (χ4n) is 1.69. The van der Waals surface area contributed by atoms with Gasteiger partial charge in [-0.1, -0.05) is 24.7 Å². The maximum Gasteiger partial charge on any atom is 0.322 e. The quantitative estimate of drug-likeness (QED) is 0.658. The average molecular weight is 297 g/mol. The Morgan fingerprint density at radius 2 is 2.20 bits per heavy atom. The molecular formula is C11H15N5O3S. The first kappa shape index (κ1) is 14.4. The second-order valence-electron chi connectivity index (χ2n) is 4.37. The van der Waals surface area contributed by atoms with E-state index in [1.54, 1.807) is 0 Å². The molecule has 1 aliphatic heterocycles. The molecule has 1 aromatic heterocycles. The molecule has 1 saturated heterocycles. The van der Waals surface area contributed by atoms with E-state index >= 15 is 0 Å². The SMILES string of the molecule is CCCCc1nnc(NC(=O)C[C@@H]2NC(=O)NC2=O)s1. The number of hydrogen-bond acceptors (Lipinski definition) is 6. The van der Waals surface area contributed by atoms with Gasteiger partial charge in [0, 0.05) is 6.42 Å². The third-order valence-electron chi connectivity index (χ3n) is 2.71. The lowest BCUT2D eigenvalue weighted by Crippen LogP contribution is -2.33. The lowest BCUT2D eigenvalue weighted by atomic mass is 10.2. The summed E-state index contributed by atoms with van der Waals surface area (Å²) in [5.74, 6) is -0.878. The summed E-state index contributed by atoms with van der Waals surface area (Å²) in [7, 11) is 0. The van der Waals surface area contributed by atoms with E-state index in [2.05, 4.69) is 33.1 Å². The molecule has 2 rings (SSSR count). The van der Waals surface area contributed by atoms with Crippen LogP contribution in [0, 0.1) is 0 Å². The molecule has 0 saturated carbocycles. The number of nitrogens with one attached hydrogen (secondary N) is 3. The molecule has 9 heteroatoms. The summed E-state index contributed by atoms with van der Waals surface area (Å²) < 4.78 is 0. The number of anilines is 1. The van der Waals surface area contributed by atoms with Gasteiger partial charge in [-0.2, -0.15) is 0 Å². The van der Waals surface area contributed by atoms with Crippen LogP contribution in [0.1, 0.15) is 31.2 Å². The van der Waals surface area contributed by atoms with E-state index in [1.165, 1.54) is 11.3 Å². The van der Waals surface area contributed by atoms with Gasteiger partial charge in [-0.05, 0) is 6.42 Å². The number of aryl methyl sites for hydroxylation is 1. The van der Waals surface area contributed by atoms with Gasteiger partial charge in [0.05, 0.1) is 6.42 Å². The molecule has 2 heterocycles. The molecule has 20 heavy (non-hydrogen) atoms. The molecule has 4 amide bonds. The highest BCUT2D eigenvalue weighted by Gasteiger charge is 2.31. The van der Waals surface area contributed by atoms with Gasteiger partial charge in [-0.25, -0.2) is 4.79 Å². The van der Waals surface area contributed by atoms with Crippen molar-refractivity contribution in [2.45, 2.75) is 38.6 Å². The average Bonchev–Trinajstić information content (AvgIpc) is 2.94. The Bertz CT molecular complexity index is 530. The second kappa shape index (κ2) is 6.42. The number of rotatable bonds is 6. The first-order chi connectivity index (χ1) is 9.58. The maximum absolute atomic E-state index is 11.7. The number of urea groups is 1. The number of aromatic nitrogens is 2. The molecule has 8 nitrogen and oxygen atoms in total. The lowest BCUT2D eigenvalue weighted by molar-refractivity contribution is -0.124. The molecule has 1 aliphatic rings. The first-order valence-corrected chi connectivity index (χ1v) is 7.13. The summed E-state index contributed by atoms with van der Waals surface area (Å²) >= 11 is 1.32. The Hall–Kier alpha value is -2.03. The molecule has 0 radical (unpaired) electrons. The van der Waals surface area contributed by atoms with Crippen molar-refractivity contribution in [2.75, 3.05) is 5.32 Å². The minimum Gasteiger partial charge on any atom is -0.325 e. The van der Waals surface area contributed by atoms with Crippen LogP contribution in [0.5, 0.6) is 0 Å². The van der Waals surface area contributed by atoms with Crippen molar-refractivity contribution < 1.29 is 14.4 Å². The van der Waals surface area contributed by atoms with Crippen LogP contribution in [0.25, 0.3) is 0 Å². The summed E-state index contributed by atoms with van der Waals surface area (Å²) in [5, 5.41) is 16.1.